The minimum atomic E-state index is -1.94. The highest BCUT2D eigenvalue weighted by Crippen LogP contribution is 2.42. The van der Waals surface area contributed by atoms with Crippen LogP contribution in [-0.4, -0.2) is 28.6 Å². The van der Waals surface area contributed by atoms with E-state index in [0.717, 1.165) is 59.1 Å². The SMILES string of the molecule is CCCCCCCCCCCCNC(=O)c1cc(C#Cc2cc(C#C[Si](C(C)C)(C(C)C)C(C)C)cc(CCCCCCCC)c2)cc(C#Cc2cc(C#C[Si](C(C)C)(C(C)C)C(C)C)cc(CCCCCCCC)c2)c1. The summed E-state index contributed by atoms with van der Waals surface area (Å²) in [5, 5.41) is 3.27. The van der Waals surface area contributed by atoms with Crippen LogP contribution in [-0.2, 0) is 12.8 Å². The number of unbranched alkanes of at least 4 members (excludes halogenated alkanes) is 19. The third-order valence-electron chi connectivity index (χ3n) is 16.9. The van der Waals surface area contributed by atoms with E-state index in [-0.39, 0.29) is 5.91 Å². The molecule has 0 saturated carbocycles. The number of rotatable bonds is 32. The summed E-state index contributed by atoms with van der Waals surface area (Å²) in [7, 11) is -3.88. The second-order valence-corrected chi connectivity index (χ2v) is 36.1. The van der Waals surface area contributed by atoms with Gasteiger partial charge in [-0.2, -0.15) is 0 Å². The summed E-state index contributed by atoms with van der Waals surface area (Å²) >= 11 is 0. The quantitative estimate of drug-likeness (QED) is 0.0377. The molecule has 1 N–H and O–H groups in total. The van der Waals surface area contributed by atoms with Gasteiger partial charge in [-0.1, -0.05) is 261 Å². The average molecular weight is 1070 g/mol. The number of amides is 1. The van der Waals surface area contributed by atoms with Crippen LogP contribution in [0.15, 0.2) is 54.6 Å². The first-order valence-electron chi connectivity index (χ1n) is 31.7. The second-order valence-electron chi connectivity index (χ2n) is 24.9. The summed E-state index contributed by atoms with van der Waals surface area (Å²) < 4.78 is 0. The molecule has 0 aromatic heterocycles. The zero-order chi connectivity index (χ0) is 56.6. The molecule has 3 rings (SSSR count). The van der Waals surface area contributed by atoms with E-state index in [9.17, 15) is 4.79 Å². The fourth-order valence-electron chi connectivity index (χ4n) is 12.5. The first-order chi connectivity index (χ1) is 36.9. The van der Waals surface area contributed by atoms with Crippen molar-refractivity contribution in [3.05, 3.63) is 105 Å². The molecule has 0 heterocycles. The Bertz CT molecular complexity index is 2260. The van der Waals surface area contributed by atoms with Crippen LogP contribution in [0, 0.1) is 46.6 Å². The molecular weight excluding hydrogens is 963 g/mol. The lowest BCUT2D eigenvalue weighted by Crippen LogP contribution is -2.43. The molecule has 0 bridgehead atoms. The third kappa shape index (κ3) is 23.2. The molecule has 3 aromatic rings. The number of hydrogen-bond donors (Lipinski definition) is 1. The Morgan fingerprint density at radius 3 is 0.909 bits per heavy atom. The van der Waals surface area contributed by atoms with Crippen molar-refractivity contribution < 1.29 is 4.79 Å². The monoisotopic (exact) mass is 1070 g/mol. The number of nitrogens with one attached hydrogen (secondary N) is 1. The number of carbonyl (C=O) groups is 1. The van der Waals surface area contributed by atoms with Gasteiger partial charge in [0.1, 0.15) is 16.1 Å². The fourth-order valence-corrected chi connectivity index (χ4v) is 23.0. The summed E-state index contributed by atoms with van der Waals surface area (Å²) in [5.41, 5.74) is 20.2. The lowest BCUT2D eigenvalue weighted by molar-refractivity contribution is 0.0952. The van der Waals surface area contributed by atoms with Crippen LogP contribution >= 0.6 is 0 Å². The topological polar surface area (TPSA) is 29.1 Å². The highest BCUT2D eigenvalue weighted by atomic mass is 28.3. The molecule has 2 nitrogen and oxygen atoms in total. The Morgan fingerprint density at radius 1 is 0.351 bits per heavy atom. The molecule has 1 amide bonds. The van der Waals surface area contributed by atoms with Crippen molar-refractivity contribution in [2.24, 2.45) is 0 Å². The van der Waals surface area contributed by atoms with Gasteiger partial charge in [-0.3, -0.25) is 4.79 Å². The van der Waals surface area contributed by atoms with Crippen molar-refractivity contribution in [3.63, 3.8) is 0 Å². The predicted molar refractivity (Wildman–Crippen MR) is 345 cm³/mol. The smallest absolute Gasteiger partial charge is 0.251 e. The van der Waals surface area contributed by atoms with Crippen LogP contribution < -0.4 is 5.32 Å². The van der Waals surface area contributed by atoms with Gasteiger partial charge in [0.25, 0.3) is 5.91 Å². The van der Waals surface area contributed by atoms with E-state index in [1.165, 1.54) is 140 Å². The lowest BCUT2D eigenvalue weighted by atomic mass is 9.99. The molecule has 0 fully saturated rings. The van der Waals surface area contributed by atoms with E-state index in [1.807, 2.05) is 12.1 Å². The Labute approximate surface area is 478 Å². The second kappa shape index (κ2) is 36.9. The largest absolute Gasteiger partial charge is 0.352 e. The average Bonchev–Trinajstić information content (AvgIpc) is 3.38. The molecule has 4 heteroatoms. The summed E-state index contributed by atoms with van der Waals surface area (Å²) in [4.78, 5) is 14.1. The normalized spacial score (nSPS) is 11.6. The lowest BCUT2D eigenvalue weighted by Gasteiger charge is -2.38. The van der Waals surface area contributed by atoms with Crippen molar-refractivity contribution in [1.82, 2.24) is 5.32 Å². The zero-order valence-corrected chi connectivity index (χ0v) is 54.2. The number of benzene rings is 3. The van der Waals surface area contributed by atoms with Gasteiger partial charge >= 0.3 is 0 Å². The van der Waals surface area contributed by atoms with Gasteiger partial charge < -0.3 is 5.32 Å². The van der Waals surface area contributed by atoms with Crippen LogP contribution in [0.5, 0.6) is 0 Å². The van der Waals surface area contributed by atoms with Gasteiger partial charge in [0.2, 0.25) is 0 Å². The highest BCUT2D eigenvalue weighted by molar-refractivity contribution is 6.91. The van der Waals surface area contributed by atoms with Crippen LogP contribution in [0.3, 0.4) is 0 Å². The highest BCUT2D eigenvalue weighted by Gasteiger charge is 2.42. The maximum absolute atomic E-state index is 14.1. The minimum Gasteiger partial charge on any atom is -0.352 e. The van der Waals surface area contributed by atoms with Crippen LogP contribution in [0.25, 0.3) is 0 Å². The summed E-state index contributed by atoms with van der Waals surface area (Å²) in [6.45, 7) is 36.2. The zero-order valence-electron chi connectivity index (χ0n) is 52.2. The number of hydrogen-bond acceptors (Lipinski definition) is 1. The van der Waals surface area contributed by atoms with E-state index in [1.54, 1.807) is 0 Å². The van der Waals surface area contributed by atoms with Gasteiger partial charge in [0.05, 0.1) is 0 Å². The molecule has 0 aliphatic carbocycles. The molecule has 3 aromatic carbocycles. The molecule has 0 aliphatic heterocycles. The molecule has 0 atom stereocenters. The molecule has 0 saturated heterocycles. The predicted octanol–water partition coefficient (Wildman–Crippen LogP) is 21.1. The standard InChI is InChI=1S/C73H111NOSi2/c1-16-19-22-25-28-29-30-31-34-37-46-74-73(75)72-56-68(42-40-66-49-64(38-35-32-26-23-20-17-2)51-70(53-66)44-47-76(58(4)5,59(6)7)60(8)9)55-69(57-72)43-41-67-50-65(39-36-33-27-24-21-18-3)52-71(54-67)45-48-77(61(10)11,62(12)13)63(14)15/h49-63H,16-39,46H2,1-15H3,(H,74,75). The Morgan fingerprint density at radius 2 is 0.610 bits per heavy atom. The van der Waals surface area contributed by atoms with Crippen LogP contribution in [0.2, 0.25) is 33.2 Å². The van der Waals surface area contributed by atoms with Crippen molar-refractivity contribution in [1.29, 1.82) is 0 Å². The van der Waals surface area contributed by atoms with E-state index in [0.29, 0.717) is 45.4 Å². The van der Waals surface area contributed by atoms with E-state index >= 15 is 0 Å². The first kappa shape index (κ1) is 67.1. The van der Waals surface area contributed by atoms with Crippen LogP contribution in [0.4, 0.5) is 0 Å². The molecule has 77 heavy (non-hydrogen) atoms. The molecule has 0 unspecified atom stereocenters. The van der Waals surface area contributed by atoms with E-state index in [4.69, 9.17) is 0 Å². The molecule has 0 spiro atoms. The van der Waals surface area contributed by atoms with E-state index in [2.05, 4.69) is 198 Å². The van der Waals surface area contributed by atoms with Crippen molar-refractivity contribution in [2.75, 3.05) is 6.54 Å². The first-order valence-corrected chi connectivity index (χ1v) is 36.2. The molecule has 0 aliphatic rings. The van der Waals surface area contributed by atoms with Gasteiger partial charge in [-0.25, -0.2) is 0 Å². The number of aryl methyl sites for hydroxylation is 2. The van der Waals surface area contributed by atoms with E-state index < -0.39 is 16.1 Å². The van der Waals surface area contributed by atoms with Crippen molar-refractivity contribution in [2.45, 2.75) is 291 Å². The Hall–Kier alpha value is -4.20. The summed E-state index contributed by atoms with van der Waals surface area (Å²) in [5.74, 6) is 21.7. The van der Waals surface area contributed by atoms with Gasteiger partial charge in [0, 0.05) is 45.5 Å². The molecular formula is C73H111NOSi2. The molecule has 422 valence electrons. The van der Waals surface area contributed by atoms with Gasteiger partial charge in [0.15, 0.2) is 0 Å². The molecule has 0 radical (unpaired) electrons. The maximum atomic E-state index is 14.1. The van der Waals surface area contributed by atoms with Gasteiger partial charge in [-0.15, -0.1) is 11.1 Å². The van der Waals surface area contributed by atoms with Crippen molar-refractivity contribution in [3.8, 4) is 46.6 Å². The van der Waals surface area contributed by atoms with Crippen LogP contribution in [0.1, 0.15) is 300 Å². The summed E-state index contributed by atoms with van der Waals surface area (Å²) in [6, 6.07) is 19.6. The van der Waals surface area contributed by atoms with Crippen molar-refractivity contribution >= 4 is 22.1 Å². The number of carbonyl (C=O) groups excluding carboxylic acids is 1. The fraction of sp³-hybridized carbons (Fsp3) is 0.630. The Balaban J connectivity index is 2.16. The maximum Gasteiger partial charge on any atom is 0.251 e. The Kier molecular flexibility index (Phi) is 32.1. The van der Waals surface area contributed by atoms with Gasteiger partial charge in [-0.05, 0) is 131 Å². The minimum absolute atomic E-state index is 0.0640. The summed E-state index contributed by atoms with van der Waals surface area (Å²) in [6.07, 6.45) is 29.9. The third-order valence-corrected chi connectivity index (χ3v) is 29.5.